The summed E-state index contributed by atoms with van der Waals surface area (Å²) in [6, 6.07) is 0. The van der Waals surface area contributed by atoms with Crippen LogP contribution in [0.4, 0.5) is 5.82 Å². The first-order valence-corrected chi connectivity index (χ1v) is 6.39. The predicted octanol–water partition coefficient (Wildman–Crippen LogP) is 1.11. The number of piperidine rings is 1. The predicted molar refractivity (Wildman–Crippen MR) is 70.4 cm³/mol. The maximum atomic E-state index is 4.27. The van der Waals surface area contributed by atoms with E-state index in [2.05, 4.69) is 37.2 Å². The van der Waals surface area contributed by atoms with Crippen molar-refractivity contribution in [1.29, 1.82) is 0 Å². The molecule has 2 aromatic heterocycles. The van der Waals surface area contributed by atoms with Crippen molar-refractivity contribution in [2.45, 2.75) is 12.8 Å². The highest BCUT2D eigenvalue weighted by molar-refractivity contribution is 5.81. The second-order valence-corrected chi connectivity index (χ2v) is 4.95. The molecule has 0 amide bonds. The van der Waals surface area contributed by atoms with Gasteiger partial charge in [0.2, 0.25) is 0 Å². The topological polar surface area (TPSA) is 69.7 Å². The molecule has 18 heavy (non-hydrogen) atoms. The van der Waals surface area contributed by atoms with Crippen molar-refractivity contribution in [1.82, 2.24) is 24.8 Å². The molecule has 1 fully saturated rings. The molecule has 3 heterocycles. The Bertz CT molecular complexity index is 514. The molecule has 0 bridgehead atoms. The standard InChI is InChI=1S/C12H18N6/c1-18-4-2-9(3-5-18)6-13-11-10-12(15-7-14-10)17-8-16-11/h7-9H,2-6H2,1H3,(H2,13,14,15,16,17). The van der Waals surface area contributed by atoms with Crippen LogP contribution in [-0.2, 0) is 0 Å². The highest BCUT2D eigenvalue weighted by Gasteiger charge is 2.17. The molecular weight excluding hydrogens is 228 g/mol. The van der Waals surface area contributed by atoms with Crippen molar-refractivity contribution in [2.75, 3.05) is 32.0 Å². The fourth-order valence-corrected chi connectivity index (χ4v) is 2.41. The lowest BCUT2D eigenvalue weighted by Gasteiger charge is -2.29. The summed E-state index contributed by atoms with van der Waals surface area (Å²) in [7, 11) is 2.18. The summed E-state index contributed by atoms with van der Waals surface area (Å²) in [5.41, 5.74) is 1.61. The maximum absolute atomic E-state index is 4.27. The van der Waals surface area contributed by atoms with Crippen molar-refractivity contribution < 1.29 is 0 Å². The largest absolute Gasteiger partial charge is 0.368 e. The summed E-state index contributed by atoms with van der Waals surface area (Å²) >= 11 is 0. The number of likely N-dealkylation sites (tertiary alicyclic amines) is 1. The van der Waals surface area contributed by atoms with Crippen LogP contribution in [0.15, 0.2) is 12.7 Å². The Morgan fingerprint density at radius 2 is 2.17 bits per heavy atom. The van der Waals surface area contributed by atoms with E-state index in [9.17, 15) is 0 Å². The highest BCUT2D eigenvalue weighted by Crippen LogP contribution is 2.19. The van der Waals surface area contributed by atoms with Crippen LogP contribution < -0.4 is 5.32 Å². The number of imidazole rings is 1. The Balaban J connectivity index is 1.64. The summed E-state index contributed by atoms with van der Waals surface area (Å²) in [5.74, 6) is 1.59. The normalized spacial score (nSPS) is 18.3. The second kappa shape index (κ2) is 4.89. The SMILES string of the molecule is CN1CCC(CNc2ncnc3nc[nH]c23)CC1. The minimum Gasteiger partial charge on any atom is -0.368 e. The summed E-state index contributed by atoms with van der Waals surface area (Å²) in [6.07, 6.45) is 5.71. The first-order chi connectivity index (χ1) is 8.83. The van der Waals surface area contributed by atoms with Crippen LogP contribution in [-0.4, -0.2) is 51.5 Å². The number of aromatic nitrogens is 4. The smallest absolute Gasteiger partial charge is 0.182 e. The van der Waals surface area contributed by atoms with Gasteiger partial charge in [-0.3, -0.25) is 0 Å². The third-order valence-corrected chi connectivity index (χ3v) is 3.62. The molecule has 3 rings (SSSR count). The lowest BCUT2D eigenvalue weighted by Crippen LogP contribution is -2.33. The van der Waals surface area contributed by atoms with Crippen LogP contribution >= 0.6 is 0 Å². The van der Waals surface area contributed by atoms with Crippen LogP contribution in [0.3, 0.4) is 0 Å². The molecule has 6 heteroatoms. The molecule has 2 N–H and O–H groups in total. The van der Waals surface area contributed by atoms with E-state index in [1.165, 1.54) is 25.9 Å². The van der Waals surface area contributed by atoms with E-state index in [1.807, 2.05) is 0 Å². The summed E-state index contributed by atoms with van der Waals surface area (Å²) in [6.45, 7) is 3.35. The minimum atomic E-state index is 0.718. The van der Waals surface area contributed by atoms with Crippen LogP contribution in [0.25, 0.3) is 11.2 Å². The van der Waals surface area contributed by atoms with Crippen LogP contribution in [0.2, 0.25) is 0 Å². The molecule has 0 aliphatic carbocycles. The summed E-state index contributed by atoms with van der Waals surface area (Å²) in [5, 5.41) is 3.42. The van der Waals surface area contributed by atoms with Gasteiger partial charge in [-0.25, -0.2) is 15.0 Å². The van der Waals surface area contributed by atoms with Gasteiger partial charge in [-0.1, -0.05) is 0 Å². The van der Waals surface area contributed by atoms with E-state index in [0.29, 0.717) is 0 Å². The maximum Gasteiger partial charge on any atom is 0.182 e. The molecule has 6 nitrogen and oxygen atoms in total. The molecule has 0 atom stereocenters. The lowest BCUT2D eigenvalue weighted by molar-refractivity contribution is 0.226. The van der Waals surface area contributed by atoms with Crippen LogP contribution in [0.1, 0.15) is 12.8 Å². The van der Waals surface area contributed by atoms with Crippen molar-refractivity contribution >= 4 is 17.0 Å². The summed E-state index contributed by atoms with van der Waals surface area (Å²) in [4.78, 5) is 18.0. The second-order valence-electron chi connectivity index (χ2n) is 4.95. The van der Waals surface area contributed by atoms with Gasteiger partial charge in [-0.2, -0.15) is 0 Å². The van der Waals surface area contributed by atoms with E-state index in [1.54, 1.807) is 12.7 Å². The molecule has 2 aromatic rings. The van der Waals surface area contributed by atoms with E-state index in [4.69, 9.17) is 0 Å². The molecule has 0 saturated carbocycles. The van der Waals surface area contributed by atoms with Gasteiger partial charge < -0.3 is 15.2 Å². The van der Waals surface area contributed by atoms with E-state index >= 15 is 0 Å². The van der Waals surface area contributed by atoms with E-state index < -0.39 is 0 Å². The molecule has 1 aliphatic heterocycles. The number of hydrogen-bond acceptors (Lipinski definition) is 5. The zero-order chi connectivity index (χ0) is 12.4. The molecular formula is C12H18N6. The third kappa shape index (κ3) is 2.28. The third-order valence-electron chi connectivity index (χ3n) is 3.62. The fourth-order valence-electron chi connectivity index (χ4n) is 2.41. The van der Waals surface area contributed by atoms with Crippen molar-refractivity contribution in [2.24, 2.45) is 5.92 Å². The number of H-pyrrole nitrogens is 1. The van der Waals surface area contributed by atoms with Gasteiger partial charge in [-0.15, -0.1) is 0 Å². The van der Waals surface area contributed by atoms with Gasteiger partial charge >= 0.3 is 0 Å². The molecule has 1 saturated heterocycles. The number of nitrogens with zero attached hydrogens (tertiary/aromatic N) is 4. The van der Waals surface area contributed by atoms with Gasteiger partial charge in [0, 0.05) is 6.54 Å². The Hall–Kier alpha value is -1.69. The number of nitrogens with one attached hydrogen (secondary N) is 2. The molecule has 0 spiro atoms. The number of aromatic amines is 1. The first-order valence-electron chi connectivity index (χ1n) is 6.39. The van der Waals surface area contributed by atoms with Crippen molar-refractivity contribution in [3.63, 3.8) is 0 Å². The van der Waals surface area contributed by atoms with Crippen molar-refractivity contribution in [3.05, 3.63) is 12.7 Å². The van der Waals surface area contributed by atoms with E-state index in [0.717, 1.165) is 29.4 Å². The Morgan fingerprint density at radius 1 is 1.33 bits per heavy atom. The van der Waals surface area contributed by atoms with Crippen LogP contribution in [0.5, 0.6) is 0 Å². The summed E-state index contributed by atoms with van der Waals surface area (Å²) < 4.78 is 0. The number of anilines is 1. The molecule has 96 valence electrons. The van der Waals surface area contributed by atoms with Gasteiger partial charge in [0.25, 0.3) is 0 Å². The van der Waals surface area contributed by atoms with Gasteiger partial charge in [0.05, 0.1) is 6.33 Å². The first kappa shape index (κ1) is 11.4. The Labute approximate surface area is 106 Å². The highest BCUT2D eigenvalue weighted by atomic mass is 15.1. The number of fused-ring (bicyclic) bond motifs is 1. The molecule has 0 unspecified atom stereocenters. The Morgan fingerprint density at radius 3 is 3.00 bits per heavy atom. The van der Waals surface area contributed by atoms with E-state index in [-0.39, 0.29) is 0 Å². The Kier molecular flexibility index (Phi) is 3.10. The van der Waals surface area contributed by atoms with Crippen LogP contribution in [0, 0.1) is 5.92 Å². The molecule has 0 aromatic carbocycles. The molecule has 1 aliphatic rings. The van der Waals surface area contributed by atoms with Gasteiger partial charge in [-0.05, 0) is 38.9 Å². The van der Waals surface area contributed by atoms with Gasteiger partial charge in [0.1, 0.15) is 11.8 Å². The fraction of sp³-hybridized carbons (Fsp3) is 0.583. The zero-order valence-electron chi connectivity index (χ0n) is 10.6. The molecule has 0 radical (unpaired) electrons. The monoisotopic (exact) mass is 246 g/mol. The van der Waals surface area contributed by atoms with Gasteiger partial charge in [0.15, 0.2) is 11.5 Å². The average molecular weight is 246 g/mol. The average Bonchev–Trinajstić information content (AvgIpc) is 2.87. The number of rotatable bonds is 3. The quantitative estimate of drug-likeness (QED) is 0.849. The van der Waals surface area contributed by atoms with Crippen molar-refractivity contribution in [3.8, 4) is 0 Å². The zero-order valence-corrected chi connectivity index (χ0v) is 10.6. The lowest BCUT2D eigenvalue weighted by atomic mass is 9.97. The number of hydrogen-bond donors (Lipinski definition) is 2. The minimum absolute atomic E-state index is 0.718.